The van der Waals surface area contributed by atoms with E-state index in [9.17, 15) is 4.79 Å². The molecule has 0 aliphatic carbocycles. The first-order chi connectivity index (χ1) is 8.52. The molecule has 4 nitrogen and oxygen atoms in total. The number of amides is 1. The number of piperidine rings is 1. The van der Waals surface area contributed by atoms with Gasteiger partial charge in [-0.15, -0.1) is 11.3 Å². The number of aromatic nitrogens is 1. The molecule has 1 saturated heterocycles. The van der Waals surface area contributed by atoms with Crippen LogP contribution < -0.4 is 5.73 Å². The number of carbonyl (C=O) groups is 1. The van der Waals surface area contributed by atoms with Gasteiger partial charge in [-0.3, -0.25) is 4.79 Å². The molecule has 2 rings (SSSR count). The maximum absolute atomic E-state index is 12.6. The largest absolute Gasteiger partial charge is 0.335 e. The molecule has 2 unspecified atom stereocenters. The summed E-state index contributed by atoms with van der Waals surface area (Å²) in [6, 6.07) is 0.308. The number of hydrogen-bond acceptors (Lipinski definition) is 4. The molecule has 1 aromatic rings. The Kier molecular flexibility index (Phi) is 4.02. The number of rotatable bonds is 2. The molecular weight excluding hydrogens is 246 g/mol. The van der Waals surface area contributed by atoms with E-state index < -0.39 is 0 Å². The summed E-state index contributed by atoms with van der Waals surface area (Å²) >= 11 is 1.49. The number of likely N-dealkylation sites (tertiary alicyclic amines) is 1. The van der Waals surface area contributed by atoms with E-state index in [0.29, 0.717) is 18.5 Å². The van der Waals surface area contributed by atoms with Crippen molar-refractivity contribution in [3.8, 4) is 0 Å². The summed E-state index contributed by atoms with van der Waals surface area (Å²) in [5.74, 6) is 0.572. The second-order valence-corrected chi connectivity index (χ2v) is 6.34. The van der Waals surface area contributed by atoms with Crippen molar-refractivity contribution in [1.82, 2.24) is 9.88 Å². The van der Waals surface area contributed by atoms with Crippen molar-refractivity contribution in [2.45, 2.75) is 39.7 Å². The van der Waals surface area contributed by atoms with E-state index in [0.717, 1.165) is 35.0 Å². The second kappa shape index (κ2) is 5.36. The number of nitrogens with zero attached hydrogens (tertiary/aromatic N) is 2. The smallest absolute Gasteiger partial charge is 0.266 e. The first-order valence-corrected chi connectivity index (χ1v) is 7.29. The first-order valence-electron chi connectivity index (χ1n) is 6.48. The summed E-state index contributed by atoms with van der Waals surface area (Å²) < 4.78 is 0. The van der Waals surface area contributed by atoms with E-state index >= 15 is 0 Å². The number of thiazole rings is 1. The predicted molar refractivity (Wildman–Crippen MR) is 73.9 cm³/mol. The minimum absolute atomic E-state index is 0.128. The molecule has 1 aliphatic rings. The van der Waals surface area contributed by atoms with Gasteiger partial charge in [-0.1, -0.05) is 0 Å². The summed E-state index contributed by atoms with van der Waals surface area (Å²) in [7, 11) is 0. The van der Waals surface area contributed by atoms with E-state index in [1.165, 1.54) is 11.3 Å². The average molecular weight is 267 g/mol. The highest BCUT2D eigenvalue weighted by atomic mass is 32.1. The average Bonchev–Trinajstić information content (AvgIpc) is 2.68. The van der Waals surface area contributed by atoms with Gasteiger partial charge in [-0.05, 0) is 46.1 Å². The molecule has 2 heterocycles. The van der Waals surface area contributed by atoms with Gasteiger partial charge in [0.05, 0.1) is 10.7 Å². The Morgan fingerprint density at radius 3 is 2.78 bits per heavy atom. The molecule has 18 heavy (non-hydrogen) atoms. The minimum atomic E-state index is 0.128. The molecule has 0 saturated carbocycles. The van der Waals surface area contributed by atoms with Crippen LogP contribution in [-0.2, 0) is 0 Å². The normalized spacial score (nSPS) is 24.3. The van der Waals surface area contributed by atoms with Crippen LogP contribution in [0.5, 0.6) is 0 Å². The molecular formula is C13H21N3OS. The van der Waals surface area contributed by atoms with Crippen molar-refractivity contribution in [3.63, 3.8) is 0 Å². The Labute approximate surface area is 112 Å². The van der Waals surface area contributed by atoms with Gasteiger partial charge in [0, 0.05) is 12.6 Å². The molecule has 5 heteroatoms. The van der Waals surface area contributed by atoms with Crippen LogP contribution in [0.3, 0.4) is 0 Å². The lowest BCUT2D eigenvalue weighted by Gasteiger charge is -2.37. The number of nitrogens with two attached hydrogens (primary N) is 1. The van der Waals surface area contributed by atoms with E-state index in [4.69, 9.17) is 5.73 Å². The lowest BCUT2D eigenvalue weighted by molar-refractivity contribution is 0.0571. The molecule has 0 aromatic carbocycles. The van der Waals surface area contributed by atoms with Crippen molar-refractivity contribution >= 4 is 17.2 Å². The van der Waals surface area contributed by atoms with E-state index in [-0.39, 0.29) is 5.91 Å². The Morgan fingerprint density at radius 2 is 2.22 bits per heavy atom. The topological polar surface area (TPSA) is 59.2 Å². The van der Waals surface area contributed by atoms with Gasteiger partial charge in [0.25, 0.3) is 5.91 Å². The van der Waals surface area contributed by atoms with Crippen molar-refractivity contribution in [2.75, 3.05) is 13.1 Å². The van der Waals surface area contributed by atoms with E-state index in [1.807, 2.05) is 18.7 Å². The third kappa shape index (κ3) is 2.57. The fourth-order valence-electron chi connectivity index (χ4n) is 2.52. The SMILES string of the molecule is Cc1nc(C)c(C(=O)N2CC(CN)CCC2C)s1. The molecule has 2 N–H and O–H groups in total. The molecule has 1 fully saturated rings. The zero-order valence-corrected chi connectivity index (χ0v) is 12.1. The minimum Gasteiger partial charge on any atom is -0.335 e. The third-order valence-corrected chi connectivity index (χ3v) is 4.73. The summed E-state index contributed by atoms with van der Waals surface area (Å²) in [5.41, 5.74) is 6.59. The van der Waals surface area contributed by atoms with Gasteiger partial charge < -0.3 is 10.6 Å². The highest BCUT2D eigenvalue weighted by molar-refractivity contribution is 7.13. The standard InChI is InChI=1S/C13H21N3OS/c1-8-4-5-11(6-14)7-16(8)13(17)12-9(2)15-10(3)18-12/h8,11H,4-7,14H2,1-3H3. The van der Waals surface area contributed by atoms with Crippen LogP contribution in [0, 0.1) is 19.8 Å². The van der Waals surface area contributed by atoms with Gasteiger partial charge >= 0.3 is 0 Å². The van der Waals surface area contributed by atoms with Crippen molar-refractivity contribution in [3.05, 3.63) is 15.6 Å². The van der Waals surface area contributed by atoms with Crippen LogP contribution in [0.2, 0.25) is 0 Å². The van der Waals surface area contributed by atoms with Gasteiger partial charge in [-0.2, -0.15) is 0 Å². The Hall–Kier alpha value is -0.940. The van der Waals surface area contributed by atoms with Crippen molar-refractivity contribution in [2.24, 2.45) is 11.7 Å². The highest BCUT2D eigenvalue weighted by Gasteiger charge is 2.30. The summed E-state index contributed by atoms with van der Waals surface area (Å²) in [5, 5.41) is 0.955. The Bertz CT molecular complexity index is 443. The molecule has 1 amide bonds. The molecule has 0 bridgehead atoms. The molecule has 100 valence electrons. The fourth-order valence-corrected chi connectivity index (χ4v) is 3.39. The second-order valence-electron chi connectivity index (χ2n) is 5.13. The maximum atomic E-state index is 12.6. The van der Waals surface area contributed by atoms with E-state index in [2.05, 4.69) is 11.9 Å². The zero-order valence-electron chi connectivity index (χ0n) is 11.3. The quantitative estimate of drug-likeness (QED) is 0.891. The van der Waals surface area contributed by atoms with Crippen molar-refractivity contribution < 1.29 is 4.79 Å². The highest BCUT2D eigenvalue weighted by Crippen LogP contribution is 2.26. The van der Waals surface area contributed by atoms with Crippen LogP contribution in [0.15, 0.2) is 0 Å². The van der Waals surface area contributed by atoms with Crippen LogP contribution in [0.1, 0.15) is 40.1 Å². The Balaban J connectivity index is 2.19. The lowest BCUT2D eigenvalue weighted by Crippen LogP contribution is -2.47. The number of hydrogen-bond donors (Lipinski definition) is 1. The molecule has 2 atom stereocenters. The molecule has 0 radical (unpaired) electrons. The summed E-state index contributed by atoms with van der Waals surface area (Å²) in [6.45, 7) is 7.42. The summed E-state index contributed by atoms with van der Waals surface area (Å²) in [6.07, 6.45) is 2.17. The third-order valence-electron chi connectivity index (χ3n) is 3.67. The monoisotopic (exact) mass is 267 g/mol. The molecule has 0 spiro atoms. The lowest BCUT2D eigenvalue weighted by atomic mass is 9.93. The maximum Gasteiger partial charge on any atom is 0.266 e. The van der Waals surface area contributed by atoms with E-state index in [1.54, 1.807) is 0 Å². The fraction of sp³-hybridized carbons (Fsp3) is 0.692. The molecule has 1 aliphatic heterocycles. The summed E-state index contributed by atoms with van der Waals surface area (Å²) in [4.78, 5) is 19.7. The predicted octanol–water partition coefficient (Wildman–Crippen LogP) is 1.96. The number of carbonyl (C=O) groups excluding carboxylic acids is 1. The van der Waals surface area contributed by atoms with Crippen LogP contribution in [0.25, 0.3) is 0 Å². The van der Waals surface area contributed by atoms with Crippen LogP contribution >= 0.6 is 11.3 Å². The van der Waals surface area contributed by atoms with Gasteiger partial charge in [-0.25, -0.2) is 4.98 Å². The van der Waals surface area contributed by atoms with Crippen LogP contribution in [-0.4, -0.2) is 34.9 Å². The van der Waals surface area contributed by atoms with Crippen LogP contribution in [0.4, 0.5) is 0 Å². The van der Waals surface area contributed by atoms with Gasteiger partial charge in [0.2, 0.25) is 0 Å². The zero-order chi connectivity index (χ0) is 13.3. The van der Waals surface area contributed by atoms with Crippen molar-refractivity contribution in [1.29, 1.82) is 0 Å². The number of aryl methyl sites for hydroxylation is 2. The van der Waals surface area contributed by atoms with Gasteiger partial charge in [0.15, 0.2) is 0 Å². The van der Waals surface area contributed by atoms with Gasteiger partial charge in [0.1, 0.15) is 4.88 Å². The Morgan fingerprint density at radius 1 is 1.50 bits per heavy atom. The first kappa shape index (κ1) is 13.5. The molecule has 1 aromatic heterocycles.